The lowest BCUT2D eigenvalue weighted by Crippen LogP contribution is -2.47. The van der Waals surface area contributed by atoms with Gasteiger partial charge in [0.2, 0.25) is 5.91 Å². The number of hydrogen-bond acceptors (Lipinski definition) is 4. The van der Waals surface area contributed by atoms with Crippen LogP contribution in [0.25, 0.3) is 0 Å². The molecule has 2 aliphatic heterocycles. The molecule has 6 nitrogen and oxygen atoms in total. The Morgan fingerprint density at radius 2 is 1.67 bits per heavy atom. The zero-order valence-corrected chi connectivity index (χ0v) is 18.9. The van der Waals surface area contributed by atoms with E-state index in [0.717, 1.165) is 24.4 Å². The van der Waals surface area contributed by atoms with Crippen LogP contribution in [0, 0.1) is 5.92 Å². The fraction of sp³-hybridized carbons (Fsp3) is 0.667. The topological polar surface area (TPSA) is 61.9 Å². The Morgan fingerprint density at radius 1 is 1.03 bits per heavy atom. The van der Waals surface area contributed by atoms with E-state index in [1.54, 1.807) is 4.90 Å². The van der Waals surface area contributed by atoms with Crippen molar-refractivity contribution in [2.24, 2.45) is 5.92 Å². The summed E-state index contributed by atoms with van der Waals surface area (Å²) in [5.41, 5.74) is 1.82. The highest BCUT2D eigenvalue weighted by molar-refractivity contribution is 5.86. The molecule has 2 fully saturated rings. The maximum absolute atomic E-state index is 12.7. The van der Waals surface area contributed by atoms with Gasteiger partial charge in [-0.1, -0.05) is 31.2 Å². The summed E-state index contributed by atoms with van der Waals surface area (Å²) < 4.78 is 5.45. The maximum atomic E-state index is 12.7. The highest BCUT2D eigenvalue weighted by Gasteiger charge is 2.36. The Bertz CT molecular complexity index is 718. The van der Waals surface area contributed by atoms with E-state index in [1.807, 2.05) is 20.8 Å². The summed E-state index contributed by atoms with van der Waals surface area (Å²) in [6.07, 6.45) is 3.66. The molecule has 0 saturated carbocycles. The van der Waals surface area contributed by atoms with Crippen molar-refractivity contribution in [1.82, 2.24) is 15.1 Å². The number of carbonyl (C=O) groups is 2. The molecule has 1 atom stereocenters. The number of rotatable bonds is 5. The largest absolute Gasteiger partial charge is 0.444 e. The van der Waals surface area contributed by atoms with Crippen LogP contribution in [-0.2, 0) is 22.6 Å². The smallest absolute Gasteiger partial charge is 0.410 e. The summed E-state index contributed by atoms with van der Waals surface area (Å²) in [5.74, 6) is 0.739. The first-order valence-electron chi connectivity index (χ1n) is 11.3. The molecule has 0 bridgehead atoms. The van der Waals surface area contributed by atoms with Crippen LogP contribution in [0.4, 0.5) is 4.79 Å². The molecule has 0 aliphatic carbocycles. The van der Waals surface area contributed by atoms with Gasteiger partial charge < -0.3 is 10.1 Å². The summed E-state index contributed by atoms with van der Waals surface area (Å²) in [6.45, 7) is 12.2. The molecule has 1 aromatic rings. The number of piperidine rings is 1. The van der Waals surface area contributed by atoms with E-state index in [1.165, 1.54) is 31.5 Å². The average Bonchev–Trinajstić information content (AvgIpc) is 3.18. The minimum absolute atomic E-state index is 0.107. The average molecular weight is 416 g/mol. The van der Waals surface area contributed by atoms with E-state index in [9.17, 15) is 9.59 Å². The predicted octanol–water partition coefficient (Wildman–Crippen LogP) is 3.93. The minimum Gasteiger partial charge on any atom is -0.444 e. The zero-order valence-electron chi connectivity index (χ0n) is 18.9. The van der Waals surface area contributed by atoms with Gasteiger partial charge in [0.25, 0.3) is 0 Å². The van der Waals surface area contributed by atoms with Gasteiger partial charge >= 0.3 is 6.09 Å². The van der Waals surface area contributed by atoms with Crippen molar-refractivity contribution >= 4 is 12.0 Å². The normalized spacial score (nSPS) is 20.9. The maximum Gasteiger partial charge on any atom is 0.410 e. The van der Waals surface area contributed by atoms with E-state index in [4.69, 9.17) is 4.74 Å². The minimum atomic E-state index is -0.561. The molecule has 0 unspecified atom stereocenters. The van der Waals surface area contributed by atoms with Crippen molar-refractivity contribution in [2.75, 3.05) is 19.6 Å². The zero-order chi connectivity index (χ0) is 21.7. The Morgan fingerprint density at radius 3 is 2.30 bits per heavy atom. The second-order valence-corrected chi connectivity index (χ2v) is 9.82. The quantitative estimate of drug-likeness (QED) is 0.791. The number of benzene rings is 1. The van der Waals surface area contributed by atoms with E-state index in [-0.39, 0.29) is 5.91 Å². The lowest BCUT2D eigenvalue weighted by atomic mass is 9.99. The Hall–Kier alpha value is -2.08. The fourth-order valence-electron chi connectivity index (χ4n) is 4.13. The summed E-state index contributed by atoms with van der Waals surface area (Å²) >= 11 is 0. The molecule has 2 amide bonds. The number of nitrogens with zero attached hydrogens (tertiary/aromatic N) is 2. The molecule has 2 heterocycles. The van der Waals surface area contributed by atoms with Crippen LogP contribution in [0.5, 0.6) is 0 Å². The fourth-order valence-corrected chi connectivity index (χ4v) is 4.13. The molecule has 0 radical (unpaired) electrons. The molecule has 1 aromatic carbocycles. The number of carbonyl (C=O) groups excluding carboxylic acids is 2. The molecule has 0 aromatic heterocycles. The second kappa shape index (κ2) is 9.82. The van der Waals surface area contributed by atoms with Crippen molar-refractivity contribution < 1.29 is 14.3 Å². The molecule has 1 N–H and O–H groups in total. The van der Waals surface area contributed by atoms with Gasteiger partial charge in [0.15, 0.2) is 0 Å². The highest BCUT2D eigenvalue weighted by atomic mass is 16.6. The summed E-state index contributed by atoms with van der Waals surface area (Å²) in [4.78, 5) is 29.2. The van der Waals surface area contributed by atoms with E-state index in [0.29, 0.717) is 19.5 Å². The van der Waals surface area contributed by atoms with Gasteiger partial charge in [-0.3, -0.25) is 14.6 Å². The van der Waals surface area contributed by atoms with Gasteiger partial charge in [-0.05, 0) is 76.6 Å². The van der Waals surface area contributed by atoms with Crippen LogP contribution >= 0.6 is 0 Å². The summed E-state index contributed by atoms with van der Waals surface area (Å²) in [7, 11) is 0. The van der Waals surface area contributed by atoms with Gasteiger partial charge in [-0.15, -0.1) is 0 Å². The number of amides is 2. The highest BCUT2D eigenvalue weighted by Crippen LogP contribution is 2.21. The lowest BCUT2D eigenvalue weighted by Gasteiger charge is -2.30. The van der Waals surface area contributed by atoms with Gasteiger partial charge in [-0.25, -0.2) is 4.79 Å². The van der Waals surface area contributed by atoms with E-state index in [2.05, 4.69) is 41.4 Å². The van der Waals surface area contributed by atoms with Crippen molar-refractivity contribution in [3.8, 4) is 0 Å². The first-order valence-corrected chi connectivity index (χ1v) is 11.3. The first-order chi connectivity index (χ1) is 14.2. The standard InChI is InChI=1S/C24H37N3O3/c1-18-11-14-26(15-12-18)17-20-9-7-19(8-10-20)16-25-22(28)21-6-5-13-27(21)23(29)30-24(2,3)4/h7-10,18,21H,5-6,11-17H2,1-4H3,(H,25,28)/t21-/m0/s1. The van der Waals surface area contributed by atoms with Gasteiger partial charge in [-0.2, -0.15) is 0 Å². The molecule has 3 rings (SSSR count). The molecule has 2 saturated heterocycles. The Kier molecular flexibility index (Phi) is 7.40. The molecule has 2 aliphatic rings. The van der Waals surface area contributed by atoms with Crippen molar-refractivity contribution in [3.63, 3.8) is 0 Å². The van der Waals surface area contributed by atoms with Crippen molar-refractivity contribution in [3.05, 3.63) is 35.4 Å². The first kappa shape index (κ1) is 22.6. The summed E-state index contributed by atoms with van der Waals surface area (Å²) in [6, 6.07) is 8.04. The molecule has 0 spiro atoms. The Balaban J connectivity index is 1.47. The third-order valence-electron chi connectivity index (χ3n) is 5.96. The summed E-state index contributed by atoms with van der Waals surface area (Å²) in [5, 5.41) is 3.00. The van der Waals surface area contributed by atoms with Gasteiger partial charge in [0.05, 0.1) is 0 Å². The molecule has 6 heteroatoms. The van der Waals surface area contributed by atoms with Crippen LogP contribution in [0.15, 0.2) is 24.3 Å². The number of likely N-dealkylation sites (tertiary alicyclic amines) is 2. The third kappa shape index (κ3) is 6.46. The molecular formula is C24H37N3O3. The number of nitrogens with one attached hydrogen (secondary N) is 1. The third-order valence-corrected chi connectivity index (χ3v) is 5.96. The second-order valence-electron chi connectivity index (χ2n) is 9.82. The van der Waals surface area contributed by atoms with Crippen molar-refractivity contribution in [2.45, 2.75) is 78.1 Å². The van der Waals surface area contributed by atoms with Crippen LogP contribution < -0.4 is 5.32 Å². The predicted molar refractivity (Wildman–Crippen MR) is 118 cm³/mol. The van der Waals surface area contributed by atoms with Crippen LogP contribution in [0.3, 0.4) is 0 Å². The van der Waals surface area contributed by atoms with Crippen LogP contribution in [0.1, 0.15) is 64.5 Å². The number of ether oxygens (including phenoxy) is 1. The number of hydrogen-bond donors (Lipinski definition) is 1. The van der Waals surface area contributed by atoms with Gasteiger partial charge in [0.1, 0.15) is 11.6 Å². The molecule has 166 valence electrons. The van der Waals surface area contributed by atoms with Crippen LogP contribution in [-0.4, -0.2) is 53.1 Å². The van der Waals surface area contributed by atoms with Gasteiger partial charge in [0, 0.05) is 19.6 Å². The molecular weight excluding hydrogens is 378 g/mol. The van der Waals surface area contributed by atoms with E-state index >= 15 is 0 Å². The van der Waals surface area contributed by atoms with Crippen LogP contribution in [0.2, 0.25) is 0 Å². The molecule has 30 heavy (non-hydrogen) atoms. The SMILES string of the molecule is CC1CCN(Cc2ccc(CNC(=O)[C@@H]3CCCN3C(=O)OC(C)(C)C)cc2)CC1. The van der Waals surface area contributed by atoms with Crippen molar-refractivity contribution in [1.29, 1.82) is 0 Å². The Labute approximate surface area is 180 Å². The lowest BCUT2D eigenvalue weighted by molar-refractivity contribution is -0.125. The monoisotopic (exact) mass is 415 g/mol. The van der Waals surface area contributed by atoms with E-state index < -0.39 is 17.7 Å².